The van der Waals surface area contributed by atoms with Crippen LogP contribution in [-0.4, -0.2) is 49.9 Å². The number of rotatable bonds is 3. The lowest BCUT2D eigenvalue weighted by molar-refractivity contribution is -0.137. The van der Waals surface area contributed by atoms with Gasteiger partial charge in [-0.1, -0.05) is 0 Å². The van der Waals surface area contributed by atoms with E-state index in [2.05, 4.69) is 10.6 Å². The highest BCUT2D eigenvalue weighted by Crippen LogP contribution is 2.16. The summed E-state index contributed by atoms with van der Waals surface area (Å²) in [6, 6.07) is -0.263. The molecule has 0 saturated carbocycles. The molecule has 0 spiro atoms. The quantitative estimate of drug-likeness (QED) is 0.609. The van der Waals surface area contributed by atoms with Crippen LogP contribution in [0.1, 0.15) is 12.8 Å². The second-order valence-corrected chi connectivity index (χ2v) is 3.39. The van der Waals surface area contributed by atoms with Crippen molar-refractivity contribution in [3.8, 4) is 0 Å². The minimum Gasteiger partial charge on any atom is -0.357 e. The molecule has 1 heterocycles. The van der Waals surface area contributed by atoms with Gasteiger partial charge in [-0.2, -0.15) is 0 Å². The molecule has 0 bridgehead atoms. The number of hydrogen-bond acceptors (Lipinski definition) is 3. The molecule has 14 heavy (non-hydrogen) atoms. The van der Waals surface area contributed by atoms with E-state index in [0.717, 1.165) is 12.8 Å². The first kappa shape index (κ1) is 11.0. The summed E-state index contributed by atoms with van der Waals surface area (Å²) in [5.74, 6) is -0.0643. The zero-order valence-corrected chi connectivity index (χ0v) is 8.67. The van der Waals surface area contributed by atoms with E-state index < -0.39 is 0 Å². The van der Waals surface area contributed by atoms with Gasteiger partial charge in [0.1, 0.15) is 6.04 Å². The number of carbonyl (C=O) groups excluding carboxylic acids is 2. The van der Waals surface area contributed by atoms with Crippen LogP contribution in [0.2, 0.25) is 0 Å². The Labute approximate surface area is 83.8 Å². The van der Waals surface area contributed by atoms with Gasteiger partial charge in [-0.15, -0.1) is 0 Å². The van der Waals surface area contributed by atoms with Gasteiger partial charge >= 0.3 is 0 Å². The first-order valence-corrected chi connectivity index (χ1v) is 4.86. The first-order chi connectivity index (χ1) is 6.70. The van der Waals surface area contributed by atoms with Gasteiger partial charge in [-0.25, -0.2) is 0 Å². The highest BCUT2D eigenvalue weighted by atomic mass is 16.2. The summed E-state index contributed by atoms with van der Waals surface area (Å²) in [6.07, 6.45) is 1.68. The van der Waals surface area contributed by atoms with Gasteiger partial charge in [-0.3, -0.25) is 9.59 Å². The van der Waals surface area contributed by atoms with Crippen molar-refractivity contribution in [1.29, 1.82) is 0 Å². The van der Waals surface area contributed by atoms with Crippen LogP contribution in [0.3, 0.4) is 0 Å². The molecular formula is C9H17N3O2. The first-order valence-electron chi connectivity index (χ1n) is 4.86. The van der Waals surface area contributed by atoms with Crippen molar-refractivity contribution in [1.82, 2.24) is 15.5 Å². The molecule has 1 rings (SSSR count). The van der Waals surface area contributed by atoms with E-state index in [4.69, 9.17) is 0 Å². The molecule has 0 aromatic carbocycles. The lowest BCUT2D eigenvalue weighted by Crippen LogP contribution is -2.47. The lowest BCUT2D eigenvalue weighted by Gasteiger charge is -2.23. The number of likely N-dealkylation sites (N-methyl/N-ethyl adjacent to an activating group) is 2. The van der Waals surface area contributed by atoms with E-state index in [1.807, 2.05) is 0 Å². The van der Waals surface area contributed by atoms with Gasteiger partial charge < -0.3 is 15.5 Å². The topological polar surface area (TPSA) is 61.4 Å². The summed E-state index contributed by atoms with van der Waals surface area (Å²) >= 11 is 0. The fourth-order valence-corrected chi connectivity index (χ4v) is 1.76. The standard InChI is InChI=1S/C9H17N3O2/c1-10-6-8(13)12-5-3-4-7(12)9(14)11-2/h7,10H,3-6H2,1-2H3,(H,11,14). The van der Waals surface area contributed by atoms with Gasteiger partial charge in [0, 0.05) is 13.6 Å². The third-order valence-electron chi connectivity index (χ3n) is 2.45. The van der Waals surface area contributed by atoms with Crippen molar-refractivity contribution in [3.63, 3.8) is 0 Å². The summed E-state index contributed by atoms with van der Waals surface area (Å²) in [5, 5.41) is 5.38. The Morgan fingerprint density at radius 3 is 2.71 bits per heavy atom. The van der Waals surface area contributed by atoms with E-state index in [9.17, 15) is 9.59 Å². The van der Waals surface area contributed by atoms with Crippen LogP contribution < -0.4 is 10.6 Å². The molecule has 1 aliphatic heterocycles. The van der Waals surface area contributed by atoms with Crippen LogP contribution in [0.25, 0.3) is 0 Å². The third kappa shape index (κ3) is 2.23. The van der Waals surface area contributed by atoms with Crippen molar-refractivity contribution < 1.29 is 9.59 Å². The van der Waals surface area contributed by atoms with Crippen LogP contribution in [-0.2, 0) is 9.59 Å². The van der Waals surface area contributed by atoms with Crippen LogP contribution in [0.5, 0.6) is 0 Å². The van der Waals surface area contributed by atoms with Gasteiger partial charge in [-0.05, 0) is 19.9 Å². The molecule has 0 radical (unpaired) electrons. The SMILES string of the molecule is CNCC(=O)N1CCCC1C(=O)NC. The Hall–Kier alpha value is -1.10. The molecule has 1 atom stereocenters. The molecule has 80 valence electrons. The van der Waals surface area contributed by atoms with Crippen LogP contribution in [0.15, 0.2) is 0 Å². The Balaban J connectivity index is 2.59. The molecule has 5 heteroatoms. The van der Waals surface area contributed by atoms with Gasteiger partial charge in [0.05, 0.1) is 6.54 Å². The molecule has 2 N–H and O–H groups in total. The normalized spacial score (nSPS) is 21.0. The predicted octanol–water partition coefficient (Wildman–Crippen LogP) is -1.06. The number of hydrogen-bond donors (Lipinski definition) is 2. The predicted molar refractivity (Wildman–Crippen MR) is 52.7 cm³/mol. The molecule has 0 aromatic rings. The maximum atomic E-state index is 11.6. The Kier molecular flexibility index (Phi) is 3.88. The van der Waals surface area contributed by atoms with E-state index in [1.165, 1.54) is 0 Å². The van der Waals surface area contributed by atoms with E-state index in [0.29, 0.717) is 13.1 Å². The average molecular weight is 199 g/mol. The summed E-state index contributed by atoms with van der Waals surface area (Å²) in [6.45, 7) is 0.992. The zero-order chi connectivity index (χ0) is 10.6. The maximum Gasteiger partial charge on any atom is 0.242 e. The monoisotopic (exact) mass is 199 g/mol. The number of carbonyl (C=O) groups is 2. The number of nitrogens with one attached hydrogen (secondary N) is 2. The van der Waals surface area contributed by atoms with Crippen molar-refractivity contribution in [2.45, 2.75) is 18.9 Å². The number of likely N-dealkylation sites (tertiary alicyclic amines) is 1. The average Bonchev–Trinajstić information content (AvgIpc) is 2.65. The largest absolute Gasteiger partial charge is 0.357 e. The summed E-state index contributed by atoms with van der Waals surface area (Å²) in [5.41, 5.74) is 0. The smallest absolute Gasteiger partial charge is 0.242 e. The Morgan fingerprint density at radius 2 is 2.14 bits per heavy atom. The summed E-state index contributed by atoms with van der Waals surface area (Å²) in [7, 11) is 3.32. The Morgan fingerprint density at radius 1 is 1.43 bits per heavy atom. The third-order valence-corrected chi connectivity index (χ3v) is 2.45. The van der Waals surface area contributed by atoms with Crippen LogP contribution in [0.4, 0.5) is 0 Å². The van der Waals surface area contributed by atoms with Crippen LogP contribution >= 0.6 is 0 Å². The van der Waals surface area contributed by atoms with Crippen LogP contribution in [0, 0.1) is 0 Å². The zero-order valence-electron chi connectivity index (χ0n) is 8.67. The molecule has 2 amide bonds. The fourth-order valence-electron chi connectivity index (χ4n) is 1.76. The highest BCUT2D eigenvalue weighted by molar-refractivity contribution is 5.88. The molecule has 0 aromatic heterocycles. The molecule has 1 aliphatic rings. The minimum absolute atomic E-state index is 0.00130. The number of nitrogens with zero attached hydrogens (tertiary/aromatic N) is 1. The highest BCUT2D eigenvalue weighted by Gasteiger charge is 2.32. The Bertz CT molecular complexity index is 230. The second-order valence-electron chi connectivity index (χ2n) is 3.39. The lowest BCUT2D eigenvalue weighted by atomic mass is 10.2. The molecule has 1 fully saturated rings. The van der Waals surface area contributed by atoms with Gasteiger partial charge in [0.25, 0.3) is 0 Å². The minimum atomic E-state index is -0.263. The second kappa shape index (κ2) is 4.95. The summed E-state index contributed by atoms with van der Waals surface area (Å²) < 4.78 is 0. The van der Waals surface area contributed by atoms with E-state index in [-0.39, 0.29) is 17.9 Å². The van der Waals surface area contributed by atoms with Gasteiger partial charge in [0.15, 0.2) is 0 Å². The molecule has 1 unspecified atom stereocenters. The van der Waals surface area contributed by atoms with Crippen molar-refractivity contribution >= 4 is 11.8 Å². The number of amides is 2. The van der Waals surface area contributed by atoms with Crippen molar-refractivity contribution in [2.24, 2.45) is 0 Å². The van der Waals surface area contributed by atoms with Gasteiger partial charge in [0.2, 0.25) is 11.8 Å². The molecule has 1 saturated heterocycles. The molecular weight excluding hydrogens is 182 g/mol. The van der Waals surface area contributed by atoms with Crippen molar-refractivity contribution in [3.05, 3.63) is 0 Å². The maximum absolute atomic E-state index is 11.6. The molecule has 0 aliphatic carbocycles. The van der Waals surface area contributed by atoms with E-state index in [1.54, 1.807) is 19.0 Å². The van der Waals surface area contributed by atoms with Crippen molar-refractivity contribution in [2.75, 3.05) is 27.2 Å². The van der Waals surface area contributed by atoms with E-state index >= 15 is 0 Å². The fraction of sp³-hybridized carbons (Fsp3) is 0.778. The summed E-state index contributed by atoms with van der Waals surface area (Å²) in [4.78, 5) is 24.6. The molecule has 5 nitrogen and oxygen atoms in total.